The molecule has 2 aromatic rings. The van der Waals surface area contributed by atoms with Crippen LogP contribution in [-0.2, 0) is 12.1 Å². The van der Waals surface area contributed by atoms with Crippen LogP contribution in [0.4, 0.5) is 5.69 Å². The Morgan fingerprint density at radius 2 is 2.05 bits per heavy atom. The number of nitrogens with zero attached hydrogens (tertiary/aromatic N) is 2. The van der Waals surface area contributed by atoms with Crippen molar-refractivity contribution in [3.8, 4) is 0 Å². The van der Waals surface area contributed by atoms with Gasteiger partial charge in [0.25, 0.3) is 0 Å². The molecule has 5 heteroatoms. The van der Waals surface area contributed by atoms with Crippen molar-refractivity contribution in [2.45, 2.75) is 39.8 Å². The van der Waals surface area contributed by atoms with Gasteiger partial charge in [0.15, 0.2) is 0 Å². The highest BCUT2D eigenvalue weighted by molar-refractivity contribution is 9.10. The van der Waals surface area contributed by atoms with E-state index in [9.17, 15) is 0 Å². The highest BCUT2D eigenvalue weighted by Gasteiger charge is 2.14. The molecule has 0 aliphatic rings. The Hall–Kier alpha value is -1.000. The van der Waals surface area contributed by atoms with E-state index in [1.165, 1.54) is 0 Å². The van der Waals surface area contributed by atoms with E-state index in [-0.39, 0.29) is 5.54 Å². The molecule has 0 fully saturated rings. The Labute approximate surface area is 133 Å². The molecular formula is C15H19BrClN3. The second kappa shape index (κ2) is 5.78. The zero-order valence-corrected chi connectivity index (χ0v) is 14.5. The van der Waals surface area contributed by atoms with Crippen molar-refractivity contribution in [1.29, 1.82) is 0 Å². The van der Waals surface area contributed by atoms with Crippen molar-refractivity contribution in [3.05, 3.63) is 45.1 Å². The smallest absolute Gasteiger partial charge is 0.0543 e. The summed E-state index contributed by atoms with van der Waals surface area (Å²) in [5, 5.41) is 8.54. The summed E-state index contributed by atoms with van der Waals surface area (Å²) < 4.78 is 2.99. The minimum absolute atomic E-state index is 0.00595. The predicted octanol–water partition coefficient (Wildman–Crippen LogP) is 4.97. The standard InChI is InChI=1S/C15H19BrClN3/c1-10-5-12(16)14(6-13(10)17)18-7-11-8-19-20(9-11)15(2,3)4/h5-6,8-9,18H,7H2,1-4H3. The van der Waals surface area contributed by atoms with Crippen molar-refractivity contribution in [2.75, 3.05) is 5.32 Å². The Morgan fingerprint density at radius 3 is 2.65 bits per heavy atom. The maximum absolute atomic E-state index is 6.15. The maximum atomic E-state index is 6.15. The minimum Gasteiger partial charge on any atom is -0.380 e. The van der Waals surface area contributed by atoms with Crippen molar-refractivity contribution in [2.24, 2.45) is 0 Å². The second-order valence-electron chi connectivity index (χ2n) is 5.90. The van der Waals surface area contributed by atoms with Gasteiger partial charge in [-0.2, -0.15) is 5.10 Å². The van der Waals surface area contributed by atoms with Crippen LogP contribution in [0, 0.1) is 6.92 Å². The monoisotopic (exact) mass is 355 g/mol. The number of hydrogen-bond donors (Lipinski definition) is 1. The van der Waals surface area contributed by atoms with Gasteiger partial charge < -0.3 is 5.32 Å². The molecule has 0 atom stereocenters. The summed E-state index contributed by atoms with van der Waals surface area (Å²) in [5.74, 6) is 0. The van der Waals surface area contributed by atoms with Crippen LogP contribution in [0.15, 0.2) is 29.0 Å². The van der Waals surface area contributed by atoms with E-state index in [0.29, 0.717) is 6.54 Å². The molecule has 1 heterocycles. The number of rotatable bonds is 3. The zero-order valence-electron chi connectivity index (χ0n) is 12.2. The topological polar surface area (TPSA) is 29.9 Å². The van der Waals surface area contributed by atoms with Gasteiger partial charge in [0.05, 0.1) is 17.4 Å². The molecule has 1 aromatic heterocycles. The lowest BCUT2D eigenvalue weighted by molar-refractivity contribution is 0.355. The summed E-state index contributed by atoms with van der Waals surface area (Å²) in [4.78, 5) is 0. The summed E-state index contributed by atoms with van der Waals surface area (Å²) in [6, 6.07) is 3.96. The van der Waals surface area contributed by atoms with Crippen molar-refractivity contribution in [1.82, 2.24) is 9.78 Å². The Morgan fingerprint density at radius 1 is 1.35 bits per heavy atom. The van der Waals surface area contributed by atoms with E-state index in [4.69, 9.17) is 11.6 Å². The fraction of sp³-hybridized carbons (Fsp3) is 0.400. The van der Waals surface area contributed by atoms with Gasteiger partial charge in [-0.1, -0.05) is 11.6 Å². The van der Waals surface area contributed by atoms with E-state index in [0.717, 1.165) is 26.3 Å². The van der Waals surface area contributed by atoms with Crippen LogP contribution < -0.4 is 5.32 Å². The third kappa shape index (κ3) is 3.55. The number of anilines is 1. The molecular weight excluding hydrogens is 338 g/mol. The third-order valence-corrected chi connectivity index (χ3v) is 4.12. The van der Waals surface area contributed by atoms with Crippen molar-refractivity contribution in [3.63, 3.8) is 0 Å². The van der Waals surface area contributed by atoms with Crippen LogP contribution in [-0.4, -0.2) is 9.78 Å². The summed E-state index contributed by atoms with van der Waals surface area (Å²) in [6.45, 7) is 9.10. The van der Waals surface area contributed by atoms with E-state index >= 15 is 0 Å². The normalized spacial score (nSPS) is 11.7. The third-order valence-electron chi connectivity index (χ3n) is 3.05. The number of aryl methyl sites for hydroxylation is 1. The number of benzene rings is 1. The molecule has 2 rings (SSSR count). The van der Waals surface area contributed by atoms with Crippen molar-refractivity contribution < 1.29 is 0 Å². The summed E-state index contributed by atoms with van der Waals surface area (Å²) in [5.41, 5.74) is 3.20. The predicted molar refractivity (Wildman–Crippen MR) is 88.4 cm³/mol. The quantitative estimate of drug-likeness (QED) is 0.841. The van der Waals surface area contributed by atoms with Gasteiger partial charge >= 0.3 is 0 Å². The fourth-order valence-corrected chi connectivity index (χ4v) is 2.56. The van der Waals surface area contributed by atoms with E-state index in [1.807, 2.05) is 29.9 Å². The van der Waals surface area contributed by atoms with Gasteiger partial charge in [-0.25, -0.2) is 0 Å². The van der Waals surface area contributed by atoms with Crippen LogP contribution in [0.2, 0.25) is 5.02 Å². The highest BCUT2D eigenvalue weighted by atomic mass is 79.9. The molecule has 0 aliphatic carbocycles. The van der Waals surface area contributed by atoms with Gasteiger partial charge in [-0.05, 0) is 61.3 Å². The minimum atomic E-state index is 0.00595. The molecule has 0 radical (unpaired) electrons. The van der Waals surface area contributed by atoms with E-state index < -0.39 is 0 Å². The van der Waals surface area contributed by atoms with Gasteiger partial charge in [-0.15, -0.1) is 0 Å². The second-order valence-corrected chi connectivity index (χ2v) is 7.16. The lowest BCUT2D eigenvalue weighted by Gasteiger charge is -2.18. The number of hydrogen-bond acceptors (Lipinski definition) is 2. The number of nitrogens with one attached hydrogen (secondary N) is 1. The largest absolute Gasteiger partial charge is 0.380 e. The summed E-state index contributed by atoms with van der Waals surface area (Å²) in [6.07, 6.45) is 3.96. The average molecular weight is 357 g/mol. The first kappa shape index (κ1) is 15.4. The molecule has 108 valence electrons. The van der Waals surface area contributed by atoms with E-state index in [2.05, 4.69) is 53.3 Å². The Kier molecular flexibility index (Phi) is 4.45. The lowest BCUT2D eigenvalue weighted by Crippen LogP contribution is -2.21. The SMILES string of the molecule is Cc1cc(Br)c(NCc2cnn(C(C)(C)C)c2)cc1Cl. The van der Waals surface area contributed by atoms with Crippen LogP contribution >= 0.6 is 27.5 Å². The number of halogens is 2. The first-order valence-corrected chi connectivity index (χ1v) is 7.68. The Balaban J connectivity index is 2.09. The van der Waals surface area contributed by atoms with Gasteiger partial charge in [0, 0.05) is 27.8 Å². The van der Waals surface area contributed by atoms with Gasteiger partial charge in [0.1, 0.15) is 0 Å². The number of aromatic nitrogens is 2. The van der Waals surface area contributed by atoms with Crippen LogP contribution in [0.3, 0.4) is 0 Å². The van der Waals surface area contributed by atoms with Crippen LogP contribution in [0.25, 0.3) is 0 Å². The van der Waals surface area contributed by atoms with Crippen LogP contribution in [0.5, 0.6) is 0 Å². The molecule has 0 saturated heterocycles. The summed E-state index contributed by atoms with van der Waals surface area (Å²) in [7, 11) is 0. The first-order valence-electron chi connectivity index (χ1n) is 6.51. The van der Waals surface area contributed by atoms with E-state index in [1.54, 1.807) is 0 Å². The van der Waals surface area contributed by atoms with Crippen molar-refractivity contribution >= 4 is 33.2 Å². The zero-order chi connectivity index (χ0) is 14.9. The molecule has 1 aromatic carbocycles. The molecule has 0 spiro atoms. The fourth-order valence-electron chi connectivity index (χ4n) is 1.80. The molecule has 0 bridgehead atoms. The maximum Gasteiger partial charge on any atom is 0.0543 e. The molecule has 0 saturated carbocycles. The Bertz CT molecular complexity index is 614. The highest BCUT2D eigenvalue weighted by Crippen LogP contribution is 2.29. The van der Waals surface area contributed by atoms with Gasteiger partial charge in [0.2, 0.25) is 0 Å². The molecule has 0 aliphatic heterocycles. The lowest BCUT2D eigenvalue weighted by atomic mass is 10.1. The first-order chi connectivity index (χ1) is 9.27. The molecule has 3 nitrogen and oxygen atoms in total. The average Bonchev–Trinajstić information content (AvgIpc) is 2.80. The molecule has 1 N–H and O–H groups in total. The van der Waals surface area contributed by atoms with Gasteiger partial charge in [-0.3, -0.25) is 4.68 Å². The molecule has 0 amide bonds. The van der Waals surface area contributed by atoms with Crippen LogP contribution in [0.1, 0.15) is 31.9 Å². The summed E-state index contributed by atoms with van der Waals surface area (Å²) >= 11 is 9.70. The molecule has 20 heavy (non-hydrogen) atoms. The molecule has 0 unspecified atom stereocenters.